The minimum atomic E-state index is -3.81. The molecule has 0 bridgehead atoms. The van der Waals surface area contributed by atoms with Crippen LogP contribution in [-0.4, -0.2) is 15.0 Å². The fourth-order valence-corrected chi connectivity index (χ4v) is 4.61. The highest BCUT2D eigenvalue weighted by Gasteiger charge is 2.31. The van der Waals surface area contributed by atoms with Gasteiger partial charge in [0.15, 0.2) is 0 Å². The number of sulfonamides is 1. The van der Waals surface area contributed by atoms with E-state index in [-0.39, 0.29) is 17.3 Å². The Morgan fingerprint density at radius 1 is 1.22 bits per heavy atom. The summed E-state index contributed by atoms with van der Waals surface area (Å²) < 4.78 is 40.7. The zero-order chi connectivity index (χ0) is 15.9. The second-order valence-electron chi connectivity index (χ2n) is 5.44. The molecule has 0 fully saturated rings. The van der Waals surface area contributed by atoms with Crippen LogP contribution in [0.4, 0.5) is 15.8 Å². The molecule has 1 heterocycles. The van der Waals surface area contributed by atoms with Crippen LogP contribution in [0.5, 0.6) is 0 Å². The smallest absolute Gasteiger partial charge is 0.264 e. The van der Waals surface area contributed by atoms with Gasteiger partial charge in [-0.05, 0) is 55.2 Å². The molecule has 0 atom stereocenters. The molecule has 1 aliphatic rings. The first-order valence-electron chi connectivity index (χ1n) is 7.07. The predicted molar refractivity (Wildman–Crippen MR) is 92.1 cm³/mol. The summed E-state index contributed by atoms with van der Waals surface area (Å²) in [5.41, 5.74) is 8.51. The maximum Gasteiger partial charge on any atom is 0.264 e. The third kappa shape index (κ3) is 3.01. The molecule has 0 saturated carbocycles. The molecule has 2 N–H and O–H groups in total. The summed E-state index contributed by atoms with van der Waals surface area (Å²) in [6, 6.07) is 9.06. The number of nitrogens with zero attached hydrogens (tertiary/aromatic N) is 1. The summed E-state index contributed by atoms with van der Waals surface area (Å²) in [5, 5.41) is 0. The highest BCUT2D eigenvalue weighted by molar-refractivity contribution is 7.92. The molecule has 0 amide bonds. The second-order valence-corrected chi connectivity index (χ2v) is 7.27. The first kappa shape index (κ1) is 17.6. The fraction of sp³-hybridized carbons (Fsp3) is 0.250. The molecule has 0 aliphatic carbocycles. The first-order valence-corrected chi connectivity index (χ1v) is 8.51. The van der Waals surface area contributed by atoms with Crippen molar-refractivity contribution >= 4 is 33.8 Å². The van der Waals surface area contributed by atoms with Gasteiger partial charge in [-0.1, -0.05) is 12.1 Å². The Kier molecular flexibility index (Phi) is 4.87. The van der Waals surface area contributed by atoms with Gasteiger partial charge in [0.2, 0.25) is 0 Å². The van der Waals surface area contributed by atoms with Crippen molar-refractivity contribution in [2.45, 2.75) is 24.7 Å². The lowest BCUT2D eigenvalue weighted by atomic mass is 10.0. The number of fused-ring (bicyclic) bond motifs is 1. The van der Waals surface area contributed by atoms with Crippen molar-refractivity contribution in [3.8, 4) is 0 Å². The molecular formula is C16H18ClFN2O2S. The van der Waals surface area contributed by atoms with Crippen LogP contribution < -0.4 is 10.0 Å². The summed E-state index contributed by atoms with van der Waals surface area (Å²) in [7, 11) is -3.81. The molecule has 2 aromatic carbocycles. The Balaban J connectivity index is 0.00000192. The Hall–Kier alpha value is -1.79. The van der Waals surface area contributed by atoms with Crippen LogP contribution in [0.25, 0.3) is 0 Å². The van der Waals surface area contributed by atoms with Gasteiger partial charge in [0, 0.05) is 12.2 Å². The SMILES string of the molecule is Cc1ccc(F)cc1S(=O)(=O)N1CCCc2c(N)cccc21.Cl. The number of rotatable bonds is 2. The topological polar surface area (TPSA) is 63.4 Å². The number of nitrogens with two attached hydrogens (primary N) is 1. The molecule has 0 saturated heterocycles. The molecule has 4 nitrogen and oxygen atoms in total. The van der Waals surface area contributed by atoms with Crippen LogP contribution in [-0.2, 0) is 16.4 Å². The van der Waals surface area contributed by atoms with Gasteiger partial charge in [0.1, 0.15) is 5.82 Å². The van der Waals surface area contributed by atoms with Crippen molar-refractivity contribution in [2.24, 2.45) is 0 Å². The van der Waals surface area contributed by atoms with Crippen LogP contribution in [0, 0.1) is 12.7 Å². The van der Waals surface area contributed by atoms with E-state index in [4.69, 9.17) is 5.73 Å². The maximum absolute atomic E-state index is 13.5. The summed E-state index contributed by atoms with van der Waals surface area (Å²) >= 11 is 0. The van der Waals surface area contributed by atoms with E-state index >= 15 is 0 Å². The molecule has 0 unspecified atom stereocenters. The number of anilines is 2. The predicted octanol–water partition coefficient (Wildman–Crippen LogP) is 3.28. The van der Waals surface area contributed by atoms with E-state index in [9.17, 15) is 12.8 Å². The number of nitrogen functional groups attached to an aromatic ring is 1. The first-order chi connectivity index (χ1) is 10.4. The zero-order valence-electron chi connectivity index (χ0n) is 12.6. The van der Waals surface area contributed by atoms with Crippen LogP contribution in [0.2, 0.25) is 0 Å². The van der Waals surface area contributed by atoms with Gasteiger partial charge in [-0.2, -0.15) is 0 Å². The van der Waals surface area contributed by atoms with E-state index in [0.717, 1.165) is 18.1 Å². The molecular weight excluding hydrogens is 339 g/mol. The zero-order valence-corrected chi connectivity index (χ0v) is 14.3. The van der Waals surface area contributed by atoms with Crippen molar-refractivity contribution < 1.29 is 12.8 Å². The number of benzene rings is 2. The van der Waals surface area contributed by atoms with Gasteiger partial charge in [-0.15, -0.1) is 12.4 Å². The summed E-state index contributed by atoms with van der Waals surface area (Å²) in [6.07, 6.45) is 1.44. The Bertz CT molecular complexity index is 840. The minimum Gasteiger partial charge on any atom is -0.398 e. The number of hydrogen-bond donors (Lipinski definition) is 1. The van der Waals surface area contributed by atoms with Crippen molar-refractivity contribution in [1.82, 2.24) is 0 Å². The molecule has 1 aliphatic heterocycles. The van der Waals surface area contributed by atoms with Crippen molar-refractivity contribution in [3.05, 3.63) is 53.3 Å². The van der Waals surface area contributed by atoms with E-state index in [1.165, 1.54) is 16.4 Å². The van der Waals surface area contributed by atoms with Gasteiger partial charge in [0.05, 0.1) is 10.6 Å². The van der Waals surface area contributed by atoms with E-state index in [2.05, 4.69) is 0 Å². The van der Waals surface area contributed by atoms with Crippen molar-refractivity contribution in [1.29, 1.82) is 0 Å². The lowest BCUT2D eigenvalue weighted by molar-refractivity contribution is 0.581. The lowest BCUT2D eigenvalue weighted by Crippen LogP contribution is -2.36. The summed E-state index contributed by atoms with van der Waals surface area (Å²) in [6.45, 7) is 2.03. The highest BCUT2D eigenvalue weighted by Crippen LogP contribution is 2.35. The molecule has 7 heteroatoms. The quantitative estimate of drug-likeness (QED) is 0.840. The fourth-order valence-electron chi connectivity index (χ4n) is 2.84. The van der Waals surface area contributed by atoms with E-state index in [0.29, 0.717) is 29.9 Å². The highest BCUT2D eigenvalue weighted by atomic mass is 35.5. The Morgan fingerprint density at radius 3 is 2.70 bits per heavy atom. The molecule has 23 heavy (non-hydrogen) atoms. The molecule has 0 spiro atoms. The Morgan fingerprint density at radius 2 is 1.96 bits per heavy atom. The third-order valence-corrected chi connectivity index (χ3v) is 5.92. The molecule has 3 rings (SSSR count). The van der Waals surface area contributed by atoms with E-state index in [1.54, 1.807) is 25.1 Å². The standard InChI is InChI=1S/C16H17FN2O2S.ClH/c1-11-7-8-12(17)10-16(11)22(20,21)19-9-3-4-13-14(18)5-2-6-15(13)19;/h2,5-8,10H,3-4,9,18H2,1H3;1H. The van der Waals surface area contributed by atoms with Crippen LogP contribution >= 0.6 is 12.4 Å². The number of hydrogen-bond acceptors (Lipinski definition) is 3. The van der Waals surface area contributed by atoms with Gasteiger partial charge < -0.3 is 5.73 Å². The average molecular weight is 357 g/mol. The van der Waals surface area contributed by atoms with Crippen molar-refractivity contribution in [3.63, 3.8) is 0 Å². The van der Waals surface area contributed by atoms with Gasteiger partial charge in [-0.25, -0.2) is 12.8 Å². The maximum atomic E-state index is 13.5. The monoisotopic (exact) mass is 356 g/mol. The molecule has 124 valence electrons. The van der Waals surface area contributed by atoms with Gasteiger partial charge in [0.25, 0.3) is 10.0 Å². The minimum absolute atomic E-state index is 0. The average Bonchev–Trinajstić information content (AvgIpc) is 2.49. The third-order valence-electron chi connectivity index (χ3n) is 3.96. The van der Waals surface area contributed by atoms with Crippen molar-refractivity contribution in [2.75, 3.05) is 16.6 Å². The van der Waals surface area contributed by atoms with Crippen LogP contribution in [0.3, 0.4) is 0 Å². The van der Waals surface area contributed by atoms with Gasteiger partial charge in [-0.3, -0.25) is 4.31 Å². The normalized spacial score (nSPS) is 14.1. The van der Waals surface area contributed by atoms with E-state index < -0.39 is 15.8 Å². The van der Waals surface area contributed by atoms with Crippen LogP contribution in [0.15, 0.2) is 41.3 Å². The second kappa shape index (κ2) is 6.37. The lowest BCUT2D eigenvalue weighted by Gasteiger charge is -2.31. The van der Waals surface area contributed by atoms with E-state index in [1.807, 2.05) is 0 Å². The summed E-state index contributed by atoms with van der Waals surface area (Å²) in [5.74, 6) is -0.561. The largest absolute Gasteiger partial charge is 0.398 e. The Labute approximate surface area is 141 Å². The molecule has 2 aromatic rings. The summed E-state index contributed by atoms with van der Waals surface area (Å²) in [4.78, 5) is 0.00257. The number of aryl methyl sites for hydroxylation is 1. The molecule has 0 radical (unpaired) electrons. The van der Waals surface area contributed by atoms with Crippen LogP contribution in [0.1, 0.15) is 17.5 Å². The molecule has 0 aromatic heterocycles. The number of halogens is 2. The van der Waals surface area contributed by atoms with Gasteiger partial charge >= 0.3 is 0 Å².